The highest BCUT2D eigenvalue weighted by molar-refractivity contribution is 7.80. The number of ketones is 1. The van der Waals surface area contributed by atoms with Crippen LogP contribution in [-0.2, 0) is 4.79 Å². The van der Waals surface area contributed by atoms with Gasteiger partial charge in [-0.25, -0.2) is 0 Å². The molecule has 1 rings (SSSR count). The normalized spacial score (nSPS) is 37.3. The van der Waals surface area contributed by atoms with Crippen molar-refractivity contribution in [2.24, 2.45) is 11.7 Å². The van der Waals surface area contributed by atoms with Crippen molar-refractivity contribution in [1.82, 2.24) is 0 Å². The van der Waals surface area contributed by atoms with Crippen LogP contribution in [0.3, 0.4) is 0 Å². The SMILES string of the molecule is CC(=O)C1CC1(N)C(C)=S. The van der Waals surface area contributed by atoms with E-state index < -0.39 is 5.54 Å². The van der Waals surface area contributed by atoms with Crippen molar-refractivity contribution in [2.75, 3.05) is 0 Å². The molecule has 2 nitrogen and oxygen atoms in total. The van der Waals surface area contributed by atoms with Gasteiger partial charge in [-0.15, -0.1) is 0 Å². The molecule has 0 aliphatic heterocycles. The van der Waals surface area contributed by atoms with Crippen LogP contribution in [0.5, 0.6) is 0 Å². The summed E-state index contributed by atoms with van der Waals surface area (Å²) in [6, 6.07) is 0. The van der Waals surface area contributed by atoms with Crippen molar-refractivity contribution in [3.05, 3.63) is 0 Å². The Morgan fingerprint density at radius 3 is 2.30 bits per heavy atom. The molecule has 2 unspecified atom stereocenters. The molecule has 0 aromatic rings. The van der Waals surface area contributed by atoms with Gasteiger partial charge >= 0.3 is 0 Å². The van der Waals surface area contributed by atoms with Crippen LogP contribution in [0.4, 0.5) is 0 Å². The van der Waals surface area contributed by atoms with E-state index in [2.05, 4.69) is 0 Å². The molecule has 0 bridgehead atoms. The number of thiocarbonyl (C=S) groups is 1. The predicted octanol–water partition coefficient (Wildman–Crippen LogP) is 0.683. The van der Waals surface area contributed by atoms with Crippen LogP contribution >= 0.6 is 12.2 Å². The van der Waals surface area contributed by atoms with Crippen LogP contribution < -0.4 is 5.73 Å². The van der Waals surface area contributed by atoms with Gasteiger partial charge in [0, 0.05) is 10.8 Å². The molecule has 2 N–H and O–H groups in total. The molecule has 56 valence electrons. The summed E-state index contributed by atoms with van der Waals surface area (Å²) in [4.78, 5) is 11.5. The van der Waals surface area contributed by atoms with E-state index in [4.69, 9.17) is 18.0 Å². The third-order valence-corrected chi connectivity index (χ3v) is 2.53. The maximum absolute atomic E-state index is 10.8. The van der Waals surface area contributed by atoms with Crippen molar-refractivity contribution >= 4 is 22.9 Å². The summed E-state index contributed by atoms with van der Waals surface area (Å²) in [5.41, 5.74) is 5.34. The van der Waals surface area contributed by atoms with Gasteiger partial charge in [0.05, 0.1) is 5.54 Å². The molecular formula is C7H11NOS. The first kappa shape index (κ1) is 7.82. The third kappa shape index (κ3) is 0.995. The van der Waals surface area contributed by atoms with Crippen LogP contribution in [0.25, 0.3) is 0 Å². The number of carbonyl (C=O) groups is 1. The second-order valence-corrected chi connectivity index (χ2v) is 3.58. The Morgan fingerprint density at radius 1 is 1.70 bits per heavy atom. The summed E-state index contributed by atoms with van der Waals surface area (Å²) < 4.78 is 0. The lowest BCUT2D eigenvalue weighted by Crippen LogP contribution is -2.33. The summed E-state index contributed by atoms with van der Waals surface area (Å²) in [5, 5.41) is 0. The Morgan fingerprint density at radius 2 is 2.20 bits per heavy atom. The molecule has 0 saturated heterocycles. The van der Waals surface area contributed by atoms with Crippen molar-refractivity contribution in [1.29, 1.82) is 0 Å². The van der Waals surface area contributed by atoms with E-state index >= 15 is 0 Å². The molecular weight excluding hydrogens is 146 g/mol. The van der Waals surface area contributed by atoms with Crippen LogP contribution in [0.2, 0.25) is 0 Å². The lowest BCUT2D eigenvalue weighted by molar-refractivity contribution is -0.118. The molecule has 1 saturated carbocycles. The Kier molecular flexibility index (Phi) is 1.65. The molecule has 3 heteroatoms. The van der Waals surface area contributed by atoms with Crippen LogP contribution in [-0.4, -0.2) is 16.2 Å². The van der Waals surface area contributed by atoms with E-state index in [9.17, 15) is 4.79 Å². The molecule has 10 heavy (non-hydrogen) atoms. The summed E-state index contributed by atoms with van der Waals surface area (Å²) >= 11 is 4.91. The average molecular weight is 157 g/mol. The highest BCUT2D eigenvalue weighted by Crippen LogP contribution is 2.42. The van der Waals surface area contributed by atoms with E-state index in [1.54, 1.807) is 13.8 Å². The Hall–Kier alpha value is -0.280. The number of rotatable bonds is 2. The fraction of sp³-hybridized carbons (Fsp3) is 0.714. The monoisotopic (exact) mass is 157 g/mol. The fourth-order valence-electron chi connectivity index (χ4n) is 1.17. The molecule has 1 fully saturated rings. The van der Waals surface area contributed by atoms with Crippen LogP contribution in [0.1, 0.15) is 20.3 Å². The minimum absolute atomic E-state index is 0.00463. The summed E-state index contributed by atoms with van der Waals surface area (Å²) in [6.07, 6.45) is 0.748. The molecule has 0 aromatic heterocycles. The number of nitrogens with two attached hydrogens (primary N) is 1. The summed E-state index contributed by atoms with van der Waals surface area (Å²) in [7, 11) is 0. The number of carbonyl (C=O) groups excluding carboxylic acids is 1. The predicted molar refractivity (Wildman–Crippen MR) is 44.0 cm³/mol. The lowest BCUT2D eigenvalue weighted by atomic mass is 10.1. The second-order valence-electron chi connectivity index (χ2n) is 2.96. The van der Waals surface area contributed by atoms with Gasteiger partial charge in [-0.3, -0.25) is 4.79 Å². The number of hydrogen-bond donors (Lipinski definition) is 1. The van der Waals surface area contributed by atoms with Gasteiger partial charge in [0.1, 0.15) is 5.78 Å². The molecule has 0 amide bonds. The summed E-state index contributed by atoms with van der Waals surface area (Å²) in [5.74, 6) is 0.164. The zero-order valence-electron chi connectivity index (χ0n) is 6.18. The minimum atomic E-state index is -0.429. The van der Waals surface area contributed by atoms with Gasteiger partial charge in [-0.05, 0) is 20.3 Å². The second kappa shape index (κ2) is 2.10. The molecule has 1 aliphatic carbocycles. The third-order valence-electron chi connectivity index (χ3n) is 2.15. The molecule has 0 spiro atoms. The Balaban J connectivity index is 2.65. The van der Waals surface area contributed by atoms with Crippen molar-refractivity contribution < 1.29 is 4.79 Å². The van der Waals surface area contributed by atoms with Crippen LogP contribution in [0.15, 0.2) is 0 Å². The maximum Gasteiger partial charge on any atom is 0.135 e. The zero-order valence-corrected chi connectivity index (χ0v) is 6.99. The number of hydrogen-bond acceptors (Lipinski definition) is 3. The Labute approximate surface area is 65.8 Å². The van der Waals surface area contributed by atoms with Gasteiger partial charge in [0.2, 0.25) is 0 Å². The van der Waals surface area contributed by atoms with Crippen molar-refractivity contribution in [2.45, 2.75) is 25.8 Å². The van der Waals surface area contributed by atoms with E-state index in [1.807, 2.05) is 0 Å². The zero-order chi connectivity index (χ0) is 7.94. The van der Waals surface area contributed by atoms with Gasteiger partial charge < -0.3 is 5.73 Å². The molecule has 0 heterocycles. The van der Waals surface area contributed by atoms with Crippen molar-refractivity contribution in [3.8, 4) is 0 Å². The largest absolute Gasteiger partial charge is 0.320 e. The first-order valence-corrected chi connectivity index (χ1v) is 3.69. The van der Waals surface area contributed by atoms with E-state index in [-0.39, 0.29) is 11.7 Å². The maximum atomic E-state index is 10.8. The van der Waals surface area contributed by atoms with E-state index in [0.29, 0.717) is 0 Å². The van der Waals surface area contributed by atoms with Gasteiger partial charge in [-0.1, -0.05) is 12.2 Å². The smallest absolute Gasteiger partial charge is 0.135 e. The highest BCUT2D eigenvalue weighted by Gasteiger charge is 2.55. The topological polar surface area (TPSA) is 43.1 Å². The van der Waals surface area contributed by atoms with Gasteiger partial charge in [0.15, 0.2) is 0 Å². The van der Waals surface area contributed by atoms with E-state index in [1.165, 1.54) is 0 Å². The fourth-order valence-corrected chi connectivity index (χ4v) is 1.40. The van der Waals surface area contributed by atoms with Gasteiger partial charge in [-0.2, -0.15) is 0 Å². The quantitative estimate of drug-likeness (QED) is 0.599. The van der Waals surface area contributed by atoms with E-state index in [0.717, 1.165) is 11.3 Å². The molecule has 2 atom stereocenters. The molecule has 0 radical (unpaired) electrons. The lowest BCUT2D eigenvalue weighted by Gasteiger charge is -2.05. The minimum Gasteiger partial charge on any atom is -0.320 e. The standard InChI is InChI=1S/C7H11NOS/c1-4(9)6-3-7(6,8)5(2)10/h6H,3,8H2,1-2H3. The number of Topliss-reactive ketones (excluding diaryl/α,β-unsaturated/α-hetero) is 1. The van der Waals surface area contributed by atoms with Gasteiger partial charge in [0.25, 0.3) is 0 Å². The molecule has 0 aromatic carbocycles. The molecule has 1 aliphatic rings. The Bertz CT molecular complexity index is 202. The summed E-state index contributed by atoms with van der Waals surface area (Å²) in [6.45, 7) is 3.37. The van der Waals surface area contributed by atoms with Crippen molar-refractivity contribution in [3.63, 3.8) is 0 Å². The average Bonchev–Trinajstić information content (AvgIpc) is 2.43. The first-order chi connectivity index (χ1) is 4.48. The first-order valence-electron chi connectivity index (χ1n) is 3.29. The highest BCUT2D eigenvalue weighted by atomic mass is 32.1. The van der Waals surface area contributed by atoms with Crippen LogP contribution in [0, 0.1) is 5.92 Å².